The molecule has 1 aromatic carbocycles. The van der Waals surface area contributed by atoms with Crippen molar-refractivity contribution in [2.24, 2.45) is 0 Å². The van der Waals surface area contributed by atoms with E-state index in [0.717, 1.165) is 36.3 Å². The standard InChI is InChI=1S/C14H20BrN3O/c1-16-7-9-18(10-8-16)11-14(19)17(2)13-5-3-12(15)4-6-13/h3-6H,7-11H2,1-2H3. The molecule has 0 N–H and O–H groups in total. The van der Waals surface area contributed by atoms with Gasteiger partial charge in [0.1, 0.15) is 0 Å². The minimum atomic E-state index is 0.145. The highest BCUT2D eigenvalue weighted by Crippen LogP contribution is 2.17. The predicted molar refractivity (Wildman–Crippen MR) is 81.5 cm³/mol. The molecule has 1 fully saturated rings. The Morgan fingerprint density at radius 3 is 2.37 bits per heavy atom. The number of amides is 1. The van der Waals surface area contributed by atoms with E-state index < -0.39 is 0 Å². The van der Waals surface area contributed by atoms with Gasteiger partial charge in [-0.3, -0.25) is 9.69 Å². The molecule has 4 nitrogen and oxygen atoms in total. The molecule has 0 aliphatic carbocycles. The number of piperazine rings is 1. The van der Waals surface area contributed by atoms with Crippen molar-refractivity contribution in [3.8, 4) is 0 Å². The van der Waals surface area contributed by atoms with Gasteiger partial charge in [-0.05, 0) is 31.3 Å². The third-order valence-electron chi connectivity index (χ3n) is 3.54. The molecule has 1 aliphatic rings. The largest absolute Gasteiger partial charge is 0.314 e. The molecule has 2 rings (SSSR count). The molecule has 104 valence electrons. The first kappa shape index (κ1) is 14.5. The summed E-state index contributed by atoms with van der Waals surface area (Å²) in [7, 11) is 3.95. The molecule has 1 aliphatic heterocycles. The molecule has 0 radical (unpaired) electrons. The molecule has 19 heavy (non-hydrogen) atoms. The maximum atomic E-state index is 12.2. The van der Waals surface area contributed by atoms with Crippen molar-refractivity contribution in [3.63, 3.8) is 0 Å². The Kier molecular flexibility index (Phi) is 4.96. The smallest absolute Gasteiger partial charge is 0.240 e. The van der Waals surface area contributed by atoms with E-state index in [2.05, 4.69) is 32.8 Å². The van der Waals surface area contributed by atoms with Gasteiger partial charge in [0.15, 0.2) is 0 Å². The van der Waals surface area contributed by atoms with Crippen LogP contribution in [0.2, 0.25) is 0 Å². The Labute approximate surface area is 123 Å². The number of rotatable bonds is 3. The van der Waals surface area contributed by atoms with Crippen LogP contribution in [-0.2, 0) is 4.79 Å². The van der Waals surface area contributed by atoms with Crippen LogP contribution in [0, 0.1) is 0 Å². The summed E-state index contributed by atoms with van der Waals surface area (Å²) in [6.07, 6.45) is 0. The van der Waals surface area contributed by atoms with Crippen LogP contribution in [-0.4, -0.2) is 62.5 Å². The van der Waals surface area contributed by atoms with Gasteiger partial charge in [0.25, 0.3) is 0 Å². The second kappa shape index (κ2) is 6.50. The summed E-state index contributed by atoms with van der Waals surface area (Å²) >= 11 is 3.40. The fourth-order valence-corrected chi connectivity index (χ4v) is 2.38. The highest BCUT2D eigenvalue weighted by Gasteiger charge is 2.19. The summed E-state index contributed by atoms with van der Waals surface area (Å²) in [6, 6.07) is 7.81. The number of carbonyl (C=O) groups is 1. The zero-order valence-electron chi connectivity index (χ0n) is 11.5. The Morgan fingerprint density at radius 2 is 1.79 bits per heavy atom. The lowest BCUT2D eigenvalue weighted by atomic mass is 10.3. The first-order valence-corrected chi connectivity index (χ1v) is 7.28. The molecule has 1 heterocycles. The molecule has 0 saturated carbocycles. The van der Waals surface area contributed by atoms with Crippen LogP contribution in [0.3, 0.4) is 0 Å². The van der Waals surface area contributed by atoms with Crippen molar-refractivity contribution >= 4 is 27.5 Å². The Bertz CT molecular complexity index is 427. The molecule has 5 heteroatoms. The zero-order chi connectivity index (χ0) is 13.8. The molecule has 1 aromatic rings. The van der Waals surface area contributed by atoms with Crippen molar-refractivity contribution in [2.75, 3.05) is 51.7 Å². The van der Waals surface area contributed by atoms with Crippen LogP contribution in [0.1, 0.15) is 0 Å². The first-order chi connectivity index (χ1) is 9.06. The lowest BCUT2D eigenvalue weighted by molar-refractivity contribution is -0.119. The number of nitrogens with zero attached hydrogens (tertiary/aromatic N) is 3. The van der Waals surface area contributed by atoms with Crippen LogP contribution in [0.15, 0.2) is 28.7 Å². The van der Waals surface area contributed by atoms with Crippen molar-refractivity contribution in [3.05, 3.63) is 28.7 Å². The maximum absolute atomic E-state index is 12.2. The summed E-state index contributed by atoms with van der Waals surface area (Å²) in [6.45, 7) is 4.51. The molecule has 0 aromatic heterocycles. The van der Waals surface area contributed by atoms with Crippen LogP contribution < -0.4 is 4.90 Å². The van der Waals surface area contributed by atoms with E-state index in [9.17, 15) is 4.79 Å². The molecule has 0 bridgehead atoms. The Hall–Kier alpha value is -0.910. The highest BCUT2D eigenvalue weighted by atomic mass is 79.9. The second-order valence-electron chi connectivity index (χ2n) is 5.01. The summed E-state index contributed by atoms with van der Waals surface area (Å²) in [5, 5.41) is 0. The summed E-state index contributed by atoms with van der Waals surface area (Å²) in [5.74, 6) is 0.145. The topological polar surface area (TPSA) is 26.8 Å². The highest BCUT2D eigenvalue weighted by molar-refractivity contribution is 9.10. The van der Waals surface area contributed by atoms with Gasteiger partial charge in [0.05, 0.1) is 6.54 Å². The minimum absolute atomic E-state index is 0.145. The summed E-state index contributed by atoms with van der Waals surface area (Å²) in [4.78, 5) is 18.5. The lowest BCUT2D eigenvalue weighted by Crippen LogP contribution is -2.48. The van der Waals surface area contributed by atoms with Gasteiger partial charge in [0, 0.05) is 43.4 Å². The lowest BCUT2D eigenvalue weighted by Gasteiger charge is -2.32. The molecule has 0 unspecified atom stereocenters. The average Bonchev–Trinajstić information content (AvgIpc) is 2.41. The molecule has 0 atom stereocenters. The number of hydrogen-bond donors (Lipinski definition) is 0. The van der Waals surface area contributed by atoms with Gasteiger partial charge in [0.2, 0.25) is 5.91 Å². The molecular weight excluding hydrogens is 306 g/mol. The Morgan fingerprint density at radius 1 is 1.21 bits per heavy atom. The van der Waals surface area contributed by atoms with E-state index in [0.29, 0.717) is 6.54 Å². The average molecular weight is 326 g/mol. The molecule has 1 saturated heterocycles. The molecule has 1 amide bonds. The van der Waals surface area contributed by atoms with Crippen molar-refractivity contribution in [1.29, 1.82) is 0 Å². The predicted octanol–water partition coefficient (Wildman–Crippen LogP) is 1.66. The maximum Gasteiger partial charge on any atom is 0.240 e. The van der Waals surface area contributed by atoms with E-state index in [-0.39, 0.29) is 5.91 Å². The second-order valence-corrected chi connectivity index (χ2v) is 5.92. The van der Waals surface area contributed by atoms with Gasteiger partial charge in [-0.2, -0.15) is 0 Å². The fourth-order valence-electron chi connectivity index (χ4n) is 2.11. The zero-order valence-corrected chi connectivity index (χ0v) is 13.1. The van der Waals surface area contributed by atoms with Gasteiger partial charge in [-0.25, -0.2) is 0 Å². The number of benzene rings is 1. The Balaban J connectivity index is 1.90. The van der Waals surface area contributed by atoms with Gasteiger partial charge >= 0.3 is 0 Å². The first-order valence-electron chi connectivity index (χ1n) is 6.49. The van der Waals surface area contributed by atoms with Crippen LogP contribution in [0.25, 0.3) is 0 Å². The van der Waals surface area contributed by atoms with Crippen molar-refractivity contribution < 1.29 is 4.79 Å². The van der Waals surface area contributed by atoms with Crippen LogP contribution in [0.4, 0.5) is 5.69 Å². The SMILES string of the molecule is CN1CCN(CC(=O)N(C)c2ccc(Br)cc2)CC1. The van der Waals surface area contributed by atoms with Crippen molar-refractivity contribution in [1.82, 2.24) is 9.80 Å². The van der Waals surface area contributed by atoms with E-state index in [1.54, 1.807) is 4.90 Å². The molecule has 0 spiro atoms. The summed E-state index contributed by atoms with van der Waals surface area (Å²) < 4.78 is 1.02. The number of halogens is 1. The van der Waals surface area contributed by atoms with Crippen molar-refractivity contribution in [2.45, 2.75) is 0 Å². The number of hydrogen-bond acceptors (Lipinski definition) is 3. The third-order valence-corrected chi connectivity index (χ3v) is 4.07. The normalized spacial score (nSPS) is 17.4. The van der Waals surface area contributed by atoms with E-state index in [4.69, 9.17) is 0 Å². The molecular formula is C14H20BrN3O. The van der Waals surface area contributed by atoms with E-state index >= 15 is 0 Å². The third kappa shape index (κ3) is 4.03. The number of likely N-dealkylation sites (N-methyl/N-ethyl adjacent to an activating group) is 2. The summed E-state index contributed by atoms with van der Waals surface area (Å²) in [5.41, 5.74) is 0.933. The minimum Gasteiger partial charge on any atom is -0.314 e. The number of anilines is 1. The van der Waals surface area contributed by atoms with E-state index in [1.165, 1.54) is 0 Å². The van der Waals surface area contributed by atoms with Crippen LogP contribution >= 0.6 is 15.9 Å². The van der Waals surface area contributed by atoms with Gasteiger partial charge < -0.3 is 9.80 Å². The van der Waals surface area contributed by atoms with Gasteiger partial charge in [-0.15, -0.1) is 0 Å². The van der Waals surface area contributed by atoms with E-state index in [1.807, 2.05) is 31.3 Å². The quantitative estimate of drug-likeness (QED) is 0.845. The monoisotopic (exact) mass is 325 g/mol. The van der Waals surface area contributed by atoms with Crippen LogP contribution in [0.5, 0.6) is 0 Å². The number of carbonyl (C=O) groups excluding carboxylic acids is 1. The van der Waals surface area contributed by atoms with Gasteiger partial charge in [-0.1, -0.05) is 15.9 Å². The fraction of sp³-hybridized carbons (Fsp3) is 0.500.